The van der Waals surface area contributed by atoms with E-state index in [0.717, 1.165) is 6.42 Å². The van der Waals surface area contributed by atoms with Crippen LogP contribution < -0.4 is 5.32 Å². The van der Waals surface area contributed by atoms with E-state index >= 15 is 0 Å². The SMILES string of the molecule is CCNC(COC(C)C)C1CCCCC1C(F)(F)F. The van der Waals surface area contributed by atoms with Crippen LogP contribution in [-0.4, -0.2) is 31.5 Å². The summed E-state index contributed by atoms with van der Waals surface area (Å²) in [6.07, 6.45) is -1.56. The summed E-state index contributed by atoms with van der Waals surface area (Å²) in [7, 11) is 0. The zero-order chi connectivity index (χ0) is 14.5. The number of alkyl halides is 3. The van der Waals surface area contributed by atoms with E-state index in [-0.39, 0.29) is 24.5 Å². The van der Waals surface area contributed by atoms with E-state index in [0.29, 0.717) is 26.0 Å². The molecule has 1 aliphatic rings. The van der Waals surface area contributed by atoms with Gasteiger partial charge in [0, 0.05) is 6.04 Å². The van der Waals surface area contributed by atoms with Crippen molar-refractivity contribution < 1.29 is 17.9 Å². The average Bonchev–Trinajstić information content (AvgIpc) is 2.33. The van der Waals surface area contributed by atoms with Crippen molar-refractivity contribution in [3.05, 3.63) is 0 Å². The molecule has 1 N–H and O–H groups in total. The highest BCUT2D eigenvalue weighted by atomic mass is 19.4. The highest BCUT2D eigenvalue weighted by Crippen LogP contribution is 2.42. The van der Waals surface area contributed by atoms with E-state index in [9.17, 15) is 13.2 Å². The number of likely N-dealkylation sites (N-methyl/N-ethyl adjacent to an activating group) is 1. The predicted molar refractivity (Wildman–Crippen MR) is 70.1 cm³/mol. The molecule has 3 atom stereocenters. The standard InChI is InChI=1S/C14H26F3NO/c1-4-18-13(9-19-10(2)3)11-7-5-6-8-12(11)14(15,16)17/h10-13,18H,4-9H2,1-3H3. The maximum atomic E-state index is 13.1. The lowest BCUT2D eigenvalue weighted by atomic mass is 9.75. The topological polar surface area (TPSA) is 21.3 Å². The maximum Gasteiger partial charge on any atom is 0.392 e. The molecule has 0 spiro atoms. The molecule has 0 aromatic carbocycles. The van der Waals surface area contributed by atoms with Crippen molar-refractivity contribution in [2.24, 2.45) is 11.8 Å². The summed E-state index contributed by atoms with van der Waals surface area (Å²) in [5, 5.41) is 3.18. The Hall–Kier alpha value is -0.290. The third-order valence-corrected chi connectivity index (χ3v) is 3.83. The lowest BCUT2D eigenvalue weighted by Crippen LogP contribution is -2.48. The second kappa shape index (κ2) is 7.48. The Morgan fingerprint density at radius 2 is 1.84 bits per heavy atom. The summed E-state index contributed by atoms with van der Waals surface area (Å²) in [4.78, 5) is 0. The Morgan fingerprint density at radius 1 is 1.21 bits per heavy atom. The van der Waals surface area contributed by atoms with E-state index in [4.69, 9.17) is 4.74 Å². The molecule has 19 heavy (non-hydrogen) atoms. The fourth-order valence-corrected chi connectivity index (χ4v) is 2.94. The largest absolute Gasteiger partial charge is 0.392 e. The van der Waals surface area contributed by atoms with Crippen LogP contribution in [-0.2, 0) is 4.74 Å². The Labute approximate surface area is 114 Å². The molecule has 2 nitrogen and oxygen atoms in total. The molecular weight excluding hydrogens is 255 g/mol. The first-order valence-electron chi connectivity index (χ1n) is 7.28. The maximum absolute atomic E-state index is 13.1. The Kier molecular flexibility index (Phi) is 6.60. The summed E-state index contributed by atoms with van der Waals surface area (Å²) in [5.74, 6) is -1.53. The van der Waals surface area contributed by atoms with Gasteiger partial charge >= 0.3 is 6.18 Å². The molecular formula is C14H26F3NO. The van der Waals surface area contributed by atoms with Gasteiger partial charge in [-0.1, -0.05) is 19.8 Å². The molecule has 0 bridgehead atoms. The van der Waals surface area contributed by atoms with E-state index in [1.807, 2.05) is 20.8 Å². The molecule has 0 aromatic heterocycles. The van der Waals surface area contributed by atoms with Crippen LogP contribution in [0.2, 0.25) is 0 Å². The van der Waals surface area contributed by atoms with E-state index in [1.54, 1.807) is 0 Å². The van der Waals surface area contributed by atoms with Crippen LogP contribution >= 0.6 is 0 Å². The molecule has 0 aromatic rings. The molecule has 1 rings (SSSR count). The molecule has 1 saturated carbocycles. The molecule has 1 fully saturated rings. The van der Waals surface area contributed by atoms with Gasteiger partial charge in [-0.25, -0.2) is 0 Å². The first-order valence-corrected chi connectivity index (χ1v) is 7.28. The molecule has 0 amide bonds. The Balaban J connectivity index is 2.72. The van der Waals surface area contributed by atoms with Crippen molar-refractivity contribution in [2.45, 2.75) is 64.8 Å². The van der Waals surface area contributed by atoms with Crippen LogP contribution in [0.3, 0.4) is 0 Å². The number of halogens is 3. The van der Waals surface area contributed by atoms with Gasteiger partial charge in [-0.05, 0) is 39.2 Å². The van der Waals surface area contributed by atoms with Crippen molar-refractivity contribution in [1.82, 2.24) is 5.32 Å². The van der Waals surface area contributed by atoms with Gasteiger partial charge < -0.3 is 10.1 Å². The Morgan fingerprint density at radius 3 is 2.37 bits per heavy atom. The summed E-state index contributed by atoms with van der Waals surface area (Å²) < 4.78 is 44.9. The normalized spacial score (nSPS) is 26.7. The van der Waals surface area contributed by atoms with Crippen molar-refractivity contribution in [2.75, 3.05) is 13.2 Å². The lowest BCUT2D eigenvalue weighted by molar-refractivity contribution is -0.201. The first kappa shape index (κ1) is 16.8. The van der Waals surface area contributed by atoms with Crippen molar-refractivity contribution >= 4 is 0 Å². The van der Waals surface area contributed by atoms with Gasteiger partial charge in [-0.3, -0.25) is 0 Å². The number of hydrogen-bond donors (Lipinski definition) is 1. The third-order valence-electron chi connectivity index (χ3n) is 3.83. The number of hydrogen-bond acceptors (Lipinski definition) is 2. The molecule has 3 unspecified atom stereocenters. The number of ether oxygens (including phenoxy) is 1. The van der Waals surface area contributed by atoms with Gasteiger partial charge in [-0.2, -0.15) is 13.2 Å². The van der Waals surface area contributed by atoms with E-state index < -0.39 is 12.1 Å². The molecule has 0 aliphatic heterocycles. The molecule has 0 radical (unpaired) electrons. The van der Waals surface area contributed by atoms with Gasteiger partial charge in [-0.15, -0.1) is 0 Å². The summed E-state index contributed by atoms with van der Waals surface area (Å²) in [6.45, 7) is 6.78. The van der Waals surface area contributed by atoms with Crippen LogP contribution in [0.25, 0.3) is 0 Å². The summed E-state index contributed by atoms with van der Waals surface area (Å²) in [6, 6.07) is -0.195. The lowest BCUT2D eigenvalue weighted by Gasteiger charge is -2.38. The van der Waals surface area contributed by atoms with Gasteiger partial charge in [0.05, 0.1) is 18.6 Å². The second-order valence-corrected chi connectivity index (χ2v) is 5.64. The van der Waals surface area contributed by atoms with Gasteiger partial charge in [0.2, 0.25) is 0 Å². The molecule has 0 saturated heterocycles. The van der Waals surface area contributed by atoms with Crippen LogP contribution in [0.1, 0.15) is 46.5 Å². The minimum absolute atomic E-state index is 0.0501. The third kappa shape index (κ3) is 5.30. The Bertz CT molecular complexity index is 256. The molecule has 114 valence electrons. The van der Waals surface area contributed by atoms with Crippen molar-refractivity contribution in [3.8, 4) is 0 Å². The highest BCUT2D eigenvalue weighted by molar-refractivity contribution is 4.88. The van der Waals surface area contributed by atoms with Crippen LogP contribution in [0.15, 0.2) is 0 Å². The first-order chi connectivity index (χ1) is 8.86. The minimum atomic E-state index is -4.09. The van der Waals surface area contributed by atoms with Crippen LogP contribution in [0, 0.1) is 11.8 Å². The highest BCUT2D eigenvalue weighted by Gasteiger charge is 2.47. The predicted octanol–water partition coefficient (Wildman–Crippen LogP) is 3.76. The second-order valence-electron chi connectivity index (χ2n) is 5.64. The zero-order valence-corrected chi connectivity index (χ0v) is 12.1. The molecule has 0 heterocycles. The van der Waals surface area contributed by atoms with E-state index in [2.05, 4.69) is 5.32 Å². The molecule has 1 aliphatic carbocycles. The summed E-state index contributed by atoms with van der Waals surface area (Å²) in [5.41, 5.74) is 0. The monoisotopic (exact) mass is 281 g/mol. The smallest absolute Gasteiger partial charge is 0.377 e. The van der Waals surface area contributed by atoms with E-state index in [1.165, 1.54) is 0 Å². The number of rotatable bonds is 6. The van der Waals surface area contributed by atoms with Gasteiger partial charge in [0.1, 0.15) is 0 Å². The summed E-state index contributed by atoms with van der Waals surface area (Å²) >= 11 is 0. The van der Waals surface area contributed by atoms with Gasteiger partial charge in [0.15, 0.2) is 0 Å². The van der Waals surface area contributed by atoms with Crippen molar-refractivity contribution in [1.29, 1.82) is 0 Å². The number of nitrogens with one attached hydrogen (secondary N) is 1. The minimum Gasteiger partial charge on any atom is -0.377 e. The molecule has 5 heteroatoms. The fraction of sp³-hybridized carbons (Fsp3) is 1.00. The fourth-order valence-electron chi connectivity index (χ4n) is 2.94. The van der Waals surface area contributed by atoms with Gasteiger partial charge in [0.25, 0.3) is 0 Å². The quantitative estimate of drug-likeness (QED) is 0.800. The zero-order valence-electron chi connectivity index (χ0n) is 12.1. The van der Waals surface area contributed by atoms with Crippen LogP contribution in [0.5, 0.6) is 0 Å². The average molecular weight is 281 g/mol. The van der Waals surface area contributed by atoms with Crippen molar-refractivity contribution in [3.63, 3.8) is 0 Å². The van der Waals surface area contributed by atoms with Crippen LogP contribution in [0.4, 0.5) is 13.2 Å².